The molecule has 0 fully saturated rings. The van der Waals surface area contributed by atoms with Gasteiger partial charge in [0.15, 0.2) is 0 Å². The number of benzene rings is 1. The van der Waals surface area contributed by atoms with Crippen molar-refractivity contribution in [2.24, 2.45) is 0 Å². The molecule has 26 heavy (non-hydrogen) atoms. The molecule has 0 atom stereocenters. The van der Waals surface area contributed by atoms with Crippen molar-refractivity contribution in [3.05, 3.63) is 52.7 Å². The Balaban J connectivity index is 1.99. The first-order valence-corrected chi connectivity index (χ1v) is 7.54. The van der Waals surface area contributed by atoms with Gasteiger partial charge in [0.25, 0.3) is 0 Å². The predicted molar refractivity (Wildman–Crippen MR) is 87.7 cm³/mol. The van der Waals surface area contributed by atoms with Crippen LogP contribution in [0, 0.1) is 0 Å². The number of carbonyl (C=O) groups excluding carboxylic acids is 2. The molecule has 10 heteroatoms. The monoisotopic (exact) mass is 387 g/mol. The number of nitrogens with zero attached hydrogens (tertiary/aromatic N) is 1. The smallest absolute Gasteiger partial charge is 0.433 e. The fourth-order valence-electron chi connectivity index (χ4n) is 1.96. The van der Waals surface area contributed by atoms with Gasteiger partial charge in [0.2, 0.25) is 0 Å². The van der Waals surface area contributed by atoms with Crippen LogP contribution in [0.5, 0.6) is 5.75 Å². The Morgan fingerprint density at radius 3 is 2.58 bits per heavy atom. The van der Waals surface area contributed by atoms with Crippen molar-refractivity contribution in [1.82, 2.24) is 10.3 Å². The van der Waals surface area contributed by atoms with Gasteiger partial charge in [-0.1, -0.05) is 23.7 Å². The molecule has 2 rings (SSSR count). The molecule has 0 saturated carbocycles. The predicted octanol–water partition coefficient (Wildman–Crippen LogP) is 3.02. The summed E-state index contributed by atoms with van der Waals surface area (Å²) in [5, 5.41) is 4.78. The number of anilines is 1. The Bertz CT molecular complexity index is 828. The molecular formula is C16H13ClF3N3O3. The highest BCUT2D eigenvalue weighted by Gasteiger charge is 2.32. The average molecular weight is 388 g/mol. The number of hydrogen-bond acceptors (Lipinski definition) is 4. The summed E-state index contributed by atoms with van der Waals surface area (Å²) in [6, 6.07) is 7.69. The third kappa shape index (κ3) is 5.09. The minimum Gasteiger partial charge on any atom is -0.496 e. The molecule has 2 amide bonds. The third-order valence-electron chi connectivity index (χ3n) is 3.18. The second kappa shape index (κ2) is 8.05. The van der Waals surface area contributed by atoms with Crippen molar-refractivity contribution in [2.75, 3.05) is 12.4 Å². The lowest BCUT2D eigenvalue weighted by Gasteiger charge is -2.11. The summed E-state index contributed by atoms with van der Waals surface area (Å²) in [5.41, 5.74) is -0.614. The Morgan fingerprint density at radius 2 is 1.92 bits per heavy atom. The van der Waals surface area contributed by atoms with Crippen LogP contribution in [0.15, 0.2) is 36.4 Å². The first-order valence-electron chi connectivity index (χ1n) is 7.16. The van der Waals surface area contributed by atoms with E-state index in [1.165, 1.54) is 13.2 Å². The summed E-state index contributed by atoms with van der Waals surface area (Å²) in [5.74, 6) is -2.16. The summed E-state index contributed by atoms with van der Waals surface area (Å²) in [6.07, 6.45) is -4.66. The van der Waals surface area contributed by atoms with Crippen LogP contribution >= 0.6 is 11.6 Å². The molecule has 0 unspecified atom stereocenters. The lowest BCUT2D eigenvalue weighted by Crippen LogP contribution is -2.35. The Kier molecular flexibility index (Phi) is 6.04. The quantitative estimate of drug-likeness (QED) is 0.790. The maximum absolute atomic E-state index is 12.6. The van der Waals surface area contributed by atoms with Crippen molar-refractivity contribution in [1.29, 1.82) is 0 Å². The van der Waals surface area contributed by atoms with Crippen LogP contribution in [-0.2, 0) is 22.3 Å². The van der Waals surface area contributed by atoms with Crippen LogP contribution in [0.25, 0.3) is 0 Å². The van der Waals surface area contributed by atoms with Crippen LogP contribution in [0.3, 0.4) is 0 Å². The van der Waals surface area contributed by atoms with Gasteiger partial charge in [-0.2, -0.15) is 13.2 Å². The van der Waals surface area contributed by atoms with Crippen LogP contribution in [0.4, 0.5) is 19.0 Å². The second-order valence-electron chi connectivity index (χ2n) is 5.00. The van der Waals surface area contributed by atoms with Gasteiger partial charge in [-0.05, 0) is 24.3 Å². The van der Waals surface area contributed by atoms with Gasteiger partial charge in [0.05, 0.1) is 7.11 Å². The summed E-state index contributed by atoms with van der Waals surface area (Å²) in [7, 11) is 1.42. The molecular weight excluding hydrogens is 375 g/mol. The number of hydrogen-bond donors (Lipinski definition) is 2. The van der Waals surface area contributed by atoms with Gasteiger partial charge in [-0.3, -0.25) is 9.59 Å². The van der Waals surface area contributed by atoms with Crippen molar-refractivity contribution in [3.8, 4) is 5.75 Å². The molecule has 0 radical (unpaired) electrons. The number of nitrogens with one attached hydrogen (secondary N) is 2. The maximum Gasteiger partial charge on any atom is 0.433 e. The van der Waals surface area contributed by atoms with E-state index in [0.717, 1.165) is 18.2 Å². The van der Waals surface area contributed by atoms with Gasteiger partial charge < -0.3 is 15.4 Å². The van der Waals surface area contributed by atoms with Crippen LogP contribution in [0.1, 0.15) is 11.3 Å². The van der Waals surface area contributed by atoms with Gasteiger partial charge in [-0.15, -0.1) is 0 Å². The molecule has 1 aromatic carbocycles. The molecule has 0 aliphatic heterocycles. The largest absolute Gasteiger partial charge is 0.496 e. The van der Waals surface area contributed by atoms with Gasteiger partial charge >= 0.3 is 18.0 Å². The SMILES string of the molecule is COc1cc(Cl)ccc1CNC(=O)C(=O)Nc1cccc(C(F)(F)F)n1. The second-order valence-corrected chi connectivity index (χ2v) is 5.44. The van der Waals surface area contributed by atoms with Crippen molar-refractivity contribution in [2.45, 2.75) is 12.7 Å². The topological polar surface area (TPSA) is 80.3 Å². The van der Waals surface area contributed by atoms with E-state index in [0.29, 0.717) is 16.3 Å². The molecule has 138 valence electrons. The standard InChI is InChI=1S/C16H13ClF3N3O3/c1-26-11-7-10(17)6-5-9(11)8-21-14(24)15(25)23-13-4-2-3-12(22-13)16(18,19)20/h2-7H,8H2,1H3,(H,21,24)(H,22,23,25). The normalized spacial score (nSPS) is 11.0. The van der Waals surface area contributed by atoms with Crippen LogP contribution < -0.4 is 15.4 Å². The van der Waals surface area contributed by atoms with E-state index in [1.54, 1.807) is 12.1 Å². The van der Waals surface area contributed by atoms with Gasteiger partial charge in [0.1, 0.15) is 17.3 Å². The number of methoxy groups -OCH3 is 1. The third-order valence-corrected chi connectivity index (χ3v) is 3.41. The van der Waals surface area contributed by atoms with Crippen LogP contribution in [0.2, 0.25) is 5.02 Å². The lowest BCUT2D eigenvalue weighted by molar-refractivity contribution is -0.141. The average Bonchev–Trinajstić information content (AvgIpc) is 2.59. The summed E-state index contributed by atoms with van der Waals surface area (Å²) in [4.78, 5) is 26.9. The summed E-state index contributed by atoms with van der Waals surface area (Å²) < 4.78 is 42.9. The molecule has 0 spiro atoms. The van der Waals surface area contributed by atoms with E-state index < -0.39 is 23.7 Å². The molecule has 2 aromatic rings. The molecule has 1 aromatic heterocycles. The minimum atomic E-state index is -4.66. The number of pyridine rings is 1. The zero-order chi connectivity index (χ0) is 19.3. The van der Waals surface area contributed by atoms with Gasteiger partial charge in [0, 0.05) is 17.1 Å². The fourth-order valence-corrected chi connectivity index (χ4v) is 2.12. The number of ether oxygens (including phenoxy) is 1. The van der Waals surface area contributed by atoms with Crippen molar-refractivity contribution >= 4 is 29.2 Å². The van der Waals surface area contributed by atoms with E-state index in [1.807, 2.05) is 5.32 Å². The maximum atomic E-state index is 12.6. The Hall–Kier alpha value is -2.81. The number of aromatic nitrogens is 1. The van der Waals surface area contributed by atoms with Crippen LogP contribution in [-0.4, -0.2) is 23.9 Å². The Labute approximate surface area is 151 Å². The number of rotatable bonds is 4. The first-order chi connectivity index (χ1) is 12.2. The fraction of sp³-hybridized carbons (Fsp3) is 0.188. The van der Waals surface area contributed by atoms with Gasteiger partial charge in [-0.25, -0.2) is 4.98 Å². The molecule has 6 nitrogen and oxygen atoms in total. The van der Waals surface area contributed by atoms with Crippen molar-refractivity contribution < 1.29 is 27.5 Å². The number of alkyl halides is 3. The molecule has 0 saturated heterocycles. The van der Waals surface area contributed by atoms with E-state index >= 15 is 0 Å². The molecule has 0 bridgehead atoms. The number of amides is 2. The summed E-state index contributed by atoms with van der Waals surface area (Å²) >= 11 is 5.83. The van der Waals surface area contributed by atoms with Crippen molar-refractivity contribution in [3.63, 3.8) is 0 Å². The highest BCUT2D eigenvalue weighted by Crippen LogP contribution is 2.28. The number of carbonyl (C=O) groups is 2. The minimum absolute atomic E-state index is 0.0391. The molecule has 2 N–H and O–H groups in total. The lowest BCUT2D eigenvalue weighted by atomic mass is 10.2. The van der Waals surface area contributed by atoms with E-state index in [-0.39, 0.29) is 12.4 Å². The zero-order valence-electron chi connectivity index (χ0n) is 13.4. The number of halogens is 4. The molecule has 1 heterocycles. The molecule has 0 aliphatic rings. The highest BCUT2D eigenvalue weighted by molar-refractivity contribution is 6.39. The summed E-state index contributed by atoms with van der Waals surface area (Å²) in [6.45, 7) is -0.0391. The van der Waals surface area contributed by atoms with E-state index in [9.17, 15) is 22.8 Å². The van der Waals surface area contributed by atoms with E-state index in [4.69, 9.17) is 16.3 Å². The van der Waals surface area contributed by atoms with E-state index in [2.05, 4.69) is 10.3 Å². The highest BCUT2D eigenvalue weighted by atomic mass is 35.5. The zero-order valence-corrected chi connectivity index (χ0v) is 14.1. The first kappa shape index (κ1) is 19.5. The Morgan fingerprint density at radius 1 is 1.19 bits per heavy atom. The molecule has 0 aliphatic carbocycles.